The molecule has 0 bridgehead atoms. The van der Waals surface area contributed by atoms with Crippen molar-refractivity contribution in [2.75, 3.05) is 0 Å². The van der Waals surface area contributed by atoms with Gasteiger partial charge in [-0.15, -0.1) is 5.73 Å². The molecule has 1 aromatic carbocycles. The van der Waals surface area contributed by atoms with Crippen molar-refractivity contribution in [1.82, 2.24) is 0 Å². The van der Waals surface area contributed by atoms with Crippen LogP contribution in [-0.2, 0) is 0 Å². The largest absolute Gasteiger partial charge is 0.507 e. The maximum atomic E-state index is 10.0. The van der Waals surface area contributed by atoms with Gasteiger partial charge in [0.1, 0.15) is 11.5 Å². The Hall–Kier alpha value is -1.66. The molecule has 0 radical (unpaired) electrons. The van der Waals surface area contributed by atoms with E-state index in [1.165, 1.54) is 0 Å². The molecule has 0 aliphatic rings. The summed E-state index contributed by atoms with van der Waals surface area (Å²) in [4.78, 5) is 0. The maximum absolute atomic E-state index is 10.0. The topological polar surface area (TPSA) is 40.5 Å². The molecule has 0 saturated carbocycles. The number of phenolic OH excluding ortho intramolecular Hbond substituents is 2. The number of aromatic hydroxyl groups is 2. The van der Waals surface area contributed by atoms with Crippen LogP contribution in [0.25, 0.3) is 6.08 Å². The van der Waals surface area contributed by atoms with Gasteiger partial charge in [0.05, 0.1) is 0 Å². The summed E-state index contributed by atoms with van der Waals surface area (Å²) in [7, 11) is 0. The van der Waals surface area contributed by atoms with Crippen LogP contribution in [0.3, 0.4) is 0 Å². The number of hydrogen-bond donors (Lipinski definition) is 2. The van der Waals surface area contributed by atoms with Gasteiger partial charge in [0.25, 0.3) is 0 Å². The maximum Gasteiger partial charge on any atom is 0.127 e. The molecule has 0 aromatic heterocycles. The van der Waals surface area contributed by atoms with Gasteiger partial charge < -0.3 is 10.2 Å². The first-order valence-electron chi connectivity index (χ1n) is 5.27. The van der Waals surface area contributed by atoms with Gasteiger partial charge in [-0.25, -0.2) is 0 Å². The van der Waals surface area contributed by atoms with Crippen LogP contribution in [0.15, 0.2) is 11.3 Å². The summed E-state index contributed by atoms with van der Waals surface area (Å²) in [5.41, 5.74) is 6.83. The van der Waals surface area contributed by atoms with Crippen molar-refractivity contribution >= 4 is 6.08 Å². The zero-order valence-electron chi connectivity index (χ0n) is 10.5. The standard InChI is InChI=1S/C14H18O2/c1-8(2)6-7-12-11(5)13(15)9(3)10(4)14(12)16/h7,15-16H,1-5H3. The Bertz CT molecular complexity index is 457. The van der Waals surface area contributed by atoms with Gasteiger partial charge in [-0.2, -0.15) is 0 Å². The van der Waals surface area contributed by atoms with E-state index in [2.05, 4.69) is 5.73 Å². The molecular formula is C14H18O2. The first-order valence-corrected chi connectivity index (χ1v) is 5.27. The molecule has 2 heteroatoms. The van der Waals surface area contributed by atoms with Crippen molar-refractivity contribution in [2.45, 2.75) is 34.6 Å². The molecule has 2 nitrogen and oxygen atoms in total. The monoisotopic (exact) mass is 218 g/mol. The summed E-state index contributed by atoms with van der Waals surface area (Å²) in [5, 5.41) is 19.9. The van der Waals surface area contributed by atoms with Gasteiger partial charge in [-0.1, -0.05) is 0 Å². The average Bonchev–Trinajstić information content (AvgIpc) is 2.23. The Morgan fingerprint density at radius 3 is 1.94 bits per heavy atom. The molecular weight excluding hydrogens is 200 g/mol. The lowest BCUT2D eigenvalue weighted by Gasteiger charge is -2.12. The highest BCUT2D eigenvalue weighted by molar-refractivity contribution is 5.68. The van der Waals surface area contributed by atoms with Crippen LogP contribution in [0.1, 0.15) is 36.1 Å². The van der Waals surface area contributed by atoms with E-state index in [1.54, 1.807) is 26.8 Å². The summed E-state index contributed by atoms with van der Waals surface area (Å²) in [6.07, 6.45) is 1.71. The summed E-state index contributed by atoms with van der Waals surface area (Å²) < 4.78 is 0. The van der Waals surface area contributed by atoms with Crippen LogP contribution in [-0.4, -0.2) is 10.2 Å². The van der Waals surface area contributed by atoms with E-state index in [4.69, 9.17) is 0 Å². The van der Waals surface area contributed by atoms with Gasteiger partial charge in [0, 0.05) is 11.1 Å². The van der Waals surface area contributed by atoms with Crippen LogP contribution >= 0.6 is 0 Å². The lowest BCUT2D eigenvalue weighted by Crippen LogP contribution is -1.91. The van der Waals surface area contributed by atoms with Gasteiger partial charge >= 0.3 is 0 Å². The second-order valence-electron chi connectivity index (χ2n) is 4.27. The molecule has 2 N–H and O–H groups in total. The van der Waals surface area contributed by atoms with E-state index in [0.717, 1.165) is 11.1 Å². The van der Waals surface area contributed by atoms with Crippen molar-refractivity contribution in [1.29, 1.82) is 0 Å². The normalized spacial score (nSPS) is 9.81. The first kappa shape index (κ1) is 12.4. The second-order valence-corrected chi connectivity index (χ2v) is 4.27. The summed E-state index contributed by atoms with van der Waals surface area (Å²) in [6, 6.07) is 0. The molecule has 0 amide bonds. The molecule has 1 rings (SSSR count). The number of phenols is 2. The predicted octanol–water partition coefficient (Wildman–Crippen LogP) is 3.60. The predicted molar refractivity (Wildman–Crippen MR) is 66.8 cm³/mol. The van der Waals surface area contributed by atoms with E-state index >= 15 is 0 Å². The van der Waals surface area contributed by atoms with E-state index in [1.807, 2.05) is 13.8 Å². The molecule has 0 saturated heterocycles. The quantitative estimate of drug-likeness (QED) is 0.558. The number of hydrogen-bond acceptors (Lipinski definition) is 2. The summed E-state index contributed by atoms with van der Waals surface area (Å²) in [5.74, 6) is 0.471. The highest BCUT2D eigenvalue weighted by Crippen LogP contribution is 2.36. The minimum Gasteiger partial charge on any atom is -0.507 e. The van der Waals surface area contributed by atoms with Crippen molar-refractivity contribution < 1.29 is 10.2 Å². The SMILES string of the molecule is CC(C)=C=Cc1c(C)c(O)c(C)c(C)c1O. The Balaban J connectivity index is 3.59. The third-order valence-corrected chi connectivity index (χ3v) is 2.79. The van der Waals surface area contributed by atoms with Crippen LogP contribution in [0.5, 0.6) is 11.5 Å². The lowest BCUT2D eigenvalue weighted by atomic mass is 9.97. The van der Waals surface area contributed by atoms with Crippen molar-refractivity contribution in [3.8, 4) is 11.5 Å². The number of rotatable bonds is 1. The summed E-state index contributed by atoms with van der Waals surface area (Å²) in [6.45, 7) is 9.25. The van der Waals surface area contributed by atoms with Crippen molar-refractivity contribution in [2.24, 2.45) is 0 Å². The second kappa shape index (κ2) is 4.46. The van der Waals surface area contributed by atoms with Crippen LogP contribution in [0, 0.1) is 20.8 Å². The minimum absolute atomic E-state index is 0.224. The number of benzene rings is 1. The molecule has 0 aliphatic carbocycles. The van der Waals surface area contributed by atoms with Crippen LogP contribution in [0.4, 0.5) is 0 Å². The van der Waals surface area contributed by atoms with E-state index in [0.29, 0.717) is 16.7 Å². The minimum atomic E-state index is 0.224. The van der Waals surface area contributed by atoms with Crippen LogP contribution < -0.4 is 0 Å². The Labute approximate surface area is 96.6 Å². The molecule has 0 unspecified atom stereocenters. The van der Waals surface area contributed by atoms with E-state index in [-0.39, 0.29) is 11.5 Å². The third-order valence-electron chi connectivity index (χ3n) is 2.79. The van der Waals surface area contributed by atoms with Gasteiger partial charge in [0.15, 0.2) is 0 Å². The zero-order valence-corrected chi connectivity index (χ0v) is 10.5. The van der Waals surface area contributed by atoms with Crippen molar-refractivity contribution in [3.63, 3.8) is 0 Å². The van der Waals surface area contributed by atoms with E-state index < -0.39 is 0 Å². The third kappa shape index (κ3) is 2.12. The molecule has 86 valence electrons. The van der Waals surface area contributed by atoms with Gasteiger partial charge in [-0.05, 0) is 57.4 Å². The average molecular weight is 218 g/mol. The van der Waals surface area contributed by atoms with E-state index in [9.17, 15) is 10.2 Å². The highest BCUT2D eigenvalue weighted by atomic mass is 16.3. The first-order chi connectivity index (χ1) is 7.36. The Kier molecular flexibility index (Phi) is 3.46. The lowest BCUT2D eigenvalue weighted by molar-refractivity contribution is 0.448. The summed E-state index contributed by atoms with van der Waals surface area (Å²) >= 11 is 0. The van der Waals surface area contributed by atoms with Crippen molar-refractivity contribution in [3.05, 3.63) is 33.6 Å². The fourth-order valence-corrected chi connectivity index (χ4v) is 1.54. The highest BCUT2D eigenvalue weighted by Gasteiger charge is 2.14. The molecule has 0 fully saturated rings. The fraction of sp³-hybridized carbons (Fsp3) is 0.357. The fourth-order valence-electron chi connectivity index (χ4n) is 1.54. The molecule has 0 atom stereocenters. The molecule has 0 heterocycles. The van der Waals surface area contributed by atoms with Gasteiger partial charge in [-0.3, -0.25) is 0 Å². The number of allylic oxidation sites excluding steroid dienone is 1. The molecule has 1 aromatic rings. The Morgan fingerprint density at radius 2 is 1.44 bits per heavy atom. The zero-order chi connectivity index (χ0) is 12.5. The Morgan fingerprint density at radius 1 is 0.938 bits per heavy atom. The van der Waals surface area contributed by atoms with Gasteiger partial charge in [0.2, 0.25) is 0 Å². The molecule has 0 spiro atoms. The van der Waals surface area contributed by atoms with Crippen LogP contribution in [0.2, 0.25) is 0 Å². The molecule has 16 heavy (non-hydrogen) atoms. The smallest absolute Gasteiger partial charge is 0.127 e. The molecule has 0 aliphatic heterocycles.